The number of halogens is 2. The molecule has 4 aliphatic rings. The normalized spacial score (nSPS) is 22.9. The number of aryl methyl sites for hydroxylation is 1. The molecule has 15 nitrogen and oxygen atoms in total. The number of aromatic nitrogens is 5. The molecule has 3 saturated heterocycles. The van der Waals surface area contributed by atoms with Gasteiger partial charge in [-0.3, -0.25) is 43.4 Å². The van der Waals surface area contributed by atoms with E-state index in [1.165, 1.54) is 28.6 Å². The quantitative estimate of drug-likeness (QED) is 0.189. The number of alkyl halides is 2. The van der Waals surface area contributed by atoms with Crippen molar-refractivity contribution in [1.29, 1.82) is 5.26 Å². The van der Waals surface area contributed by atoms with Crippen LogP contribution in [-0.4, -0.2) is 92.3 Å². The van der Waals surface area contributed by atoms with Crippen molar-refractivity contribution in [2.45, 2.75) is 75.8 Å². The summed E-state index contributed by atoms with van der Waals surface area (Å²) in [6.07, 6.45) is 9.84. The van der Waals surface area contributed by atoms with Gasteiger partial charge in [-0.25, -0.2) is 13.6 Å². The Bertz CT molecular complexity index is 2650. The highest BCUT2D eigenvalue weighted by atomic mass is 19.3. The van der Waals surface area contributed by atoms with E-state index in [2.05, 4.69) is 20.5 Å². The Hall–Kier alpha value is -6.15. The van der Waals surface area contributed by atoms with Crippen LogP contribution in [0.15, 0.2) is 59.8 Å². The Balaban J connectivity index is 0.808. The predicted octanol–water partition coefficient (Wildman–Crippen LogP) is 5.55. The van der Waals surface area contributed by atoms with Gasteiger partial charge in [0.2, 0.25) is 11.8 Å². The molecule has 0 bridgehead atoms. The highest BCUT2D eigenvalue weighted by Crippen LogP contribution is 2.52. The number of benzene rings is 2. The molecule has 9 rings (SSSR count). The van der Waals surface area contributed by atoms with Crippen LogP contribution in [0.25, 0.3) is 21.9 Å². The maximum atomic E-state index is 16.3. The summed E-state index contributed by atoms with van der Waals surface area (Å²) in [5.41, 5.74) is 2.32. The molecule has 4 fully saturated rings. The fraction of sp³-hybridized carbons (Fsp3) is 0.477. The second-order valence-electron chi connectivity index (χ2n) is 17.2. The van der Waals surface area contributed by atoms with Gasteiger partial charge in [-0.15, -0.1) is 0 Å². The third kappa shape index (κ3) is 7.30. The number of hydrogen-bond acceptors (Lipinski definition) is 10. The van der Waals surface area contributed by atoms with Crippen LogP contribution in [0.5, 0.6) is 5.75 Å². The van der Waals surface area contributed by atoms with Crippen molar-refractivity contribution >= 4 is 51.0 Å². The van der Waals surface area contributed by atoms with Gasteiger partial charge in [0.05, 0.1) is 64.9 Å². The summed E-state index contributed by atoms with van der Waals surface area (Å²) in [7, 11) is 3.16. The fourth-order valence-corrected chi connectivity index (χ4v) is 10.3. The van der Waals surface area contributed by atoms with Crippen molar-refractivity contribution in [2.24, 2.45) is 18.4 Å². The molecule has 1 spiro atoms. The number of fused-ring (bicyclic) bond motifs is 2. The molecule has 3 aliphatic heterocycles. The third-order valence-electron chi connectivity index (χ3n) is 13.7. The maximum absolute atomic E-state index is 16.3. The number of rotatable bonds is 8. The molecule has 17 heteroatoms. The fourth-order valence-electron chi connectivity index (χ4n) is 10.3. The molecule has 318 valence electrons. The minimum Gasteiger partial charge on any atom is -0.496 e. The number of para-hydroxylation sites is 1. The minimum absolute atomic E-state index is 0.146. The molecule has 3 aromatic heterocycles. The van der Waals surface area contributed by atoms with Crippen LogP contribution in [-0.2, 0) is 16.6 Å². The van der Waals surface area contributed by atoms with E-state index in [0.29, 0.717) is 90.5 Å². The number of nitrogens with one attached hydrogen (secondary N) is 2. The molecular weight excluding hydrogens is 787 g/mol. The van der Waals surface area contributed by atoms with Gasteiger partial charge < -0.3 is 15.0 Å². The number of methoxy groups -OCH3 is 1. The van der Waals surface area contributed by atoms with Gasteiger partial charge in [0.25, 0.3) is 11.8 Å². The van der Waals surface area contributed by atoms with E-state index in [0.717, 1.165) is 36.8 Å². The number of imide groups is 1. The highest BCUT2D eigenvalue weighted by molar-refractivity contribution is 6.08. The van der Waals surface area contributed by atoms with E-state index in [4.69, 9.17) is 9.84 Å². The Morgan fingerprint density at radius 3 is 2.52 bits per heavy atom. The number of pyridine rings is 1. The summed E-state index contributed by atoms with van der Waals surface area (Å²) in [4.78, 5) is 59.3. The van der Waals surface area contributed by atoms with Gasteiger partial charge in [0.1, 0.15) is 17.9 Å². The lowest BCUT2D eigenvalue weighted by molar-refractivity contribution is -0.179. The number of piperidine rings is 3. The van der Waals surface area contributed by atoms with Crippen molar-refractivity contribution in [1.82, 2.24) is 34.1 Å². The lowest BCUT2D eigenvalue weighted by Gasteiger charge is -2.52. The van der Waals surface area contributed by atoms with Crippen molar-refractivity contribution in [3.05, 3.63) is 76.6 Å². The number of carbonyl (C=O) groups is 3. The SMILES string of the molecule is COc1cc2nn(C3CCC(CN4CCC5(CCN(c6cccc7c6n(C)c(=O)n7C6CCC(=O)NC6=O)CC5)C(F)(F)C4)CC3)cc2cc1C(=O)Nc1cncc(C#N)c1. The molecule has 1 atom stereocenters. The lowest BCUT2D eigenvalue weighted by Crippen LogP contribution is -2.59. The van der Waals surface area contributed by atoms with Crippen LogP contribution < -0.4 is 26.0 Å². The Morgan fingerprint density at radius 2 is 1.80 bits per heavy atom. The van der Waals surface area contributed by atoms with E-state index >= 15 is 8.78 Å². The number of imidazole rings is 1. The first-order valence-electron chi connectivity index (χ1n) is 21.0. The molecular formula is C44H48F2N10O5. The molecule has 2 aromatic carbocycles. The van der Waals surface area contributed by atoms with Gasteiger partial charge in [-0.1, -0.05) is 6.07 Å². The van der Waals surface area contributed by atoms with Gasteiger partial charge in [-0.05, 0) is 88.1 Å². The monoisotopic (exact) mass is 834 g/mol. The number of nitrogens with zero attached hydrogens (tertiary/aromatic N) is 8. The standard InChI is InChI=1S/C44H48F2N10O5/c1-52-39-34(4-3-5-35(39)56(42(52)60)36-10-11-38(57)50-41(36)59)54-16-13-43(14-17-54)12-15-53(26-44(43,45)46)24-27-6-8-31(9-7-27)55-25-29-19-32(37(61-2)20-33(29)51-55)40(58)49-30-18-28(21-47)22-48-23-30/h3-5,18-20,22-23,25,27,31,36H,6-17,24,26H2,1-2H3,(H,49,58)(H,50,57,59). The number of anilines is 2. The van der Waals surface area contributed by atoms with Gasteiger partial charge >= 0.3 is 5.69 Å². The average molecular weight is 835 g/mol. The molecule has 1 unspecified atom stereocenters. The molecule has 1 saturated carbocycles. The van der Waals surface area contributed by atoms with Crippen LogP contribution in [0.3, 0.4) is 0 Å². The minimum atomic E-state index is -2.86. The molecule has 1 aliphatic carbocycles. The molecule has 2 N–H and O–H groups in total. The second-order valence-corrected chi connectivity index (χ2v) is 17.2. The van der Waals surface area contributed by atoms with Gasteiger partial charge in [-0.2, -0.15) is 10.4 Å². The Morgan fingerprint density at radius 1 is 1.03 bits per heavy atom. The van der Waals surface area contributed by atoms with E-state index < -0.39 is 29.2 Å². The number of nitriles is 1. The van der Waals surface area contributed by atoms with Crippen molar-refractivity contribution < 1.29 is 27.9 Å². The summed E-state index contributed by atoms with van der Waals surface area (Å²) < 4.78 is 43.2. The number of likely N-dealkylation sites (tertiary alicyclic amines) is 1. The number of amides is 3. The first kappa shape index (κ1) is 40.3. The summed E-state index contributed by atoms with van der Waals surface area (Å²) >= 11 is 0. The number of ether oxygens (including phenoxy) is 1. The zero-order valence-corrected chi connectivity index (χ0v) is 34.2. The van der Waals surface area contributed by atoms with Crippen molar-refractivity contribution in [3.63, 3.8) is 0 Å². The average Bonchev–Trinajstić information content (AvgIpc) is 3.79. The van der Waals surface area contributed by atoms with Crippen LogP contribution >= 0.6 is 0 Å². The van der Waals surface area contributed by atoms with E-state index in [-0.39, 0.29) is 37.0 Å². The van der Waals surface area contributed by atoms with Crippen molar-refractivity contribution in [3.8, 4) is 11.8 Å². The molecule has 3 amide bonds. The topological polar surface area (TPSA) is 172 Å². The predicted molar refractivity (Wildman–Crippen MR) is 223 cm³/mol. The third-order valence-corrected chi connectivity index (χ3v) is 13.7. The van der Waals surface area contributed by atoms with Crippen LogP contribution in [0, 0.1) is 22.7 Å². The first-order valence-corrected chi connectivity index (χ1v) is 21.0. The smallest absolute Gasteiger partial charge is 0.329 e. The van der Waals surface area contributed by atoms with E-state index in [1.54, 1.807) is 31.3 Å². The largest absolute Gasteiger partial charge is 0.496 e. The molecule has 0 radical (unpaired) electrons. The zero-order valence-electron chi connectivity index (χ0n) is 34.2. The van der Waals surface area contributed by atoms with Gasteiger partial charge in [0.15, 0.2) is 0 Å². The van der Waals surface area contributed by atoms with Crippen LogP contribution in [0.1, 0.15) is 85.8 Å². The number of hydrogen-bond donors (Lipinski definition) is 2. The second kappa shape index (κ2) is 15.7. The highest BCUT2D eigenvalue weighted by Gasteiger charge is 2.57. The Labute approximate surface area is 350 Å². The summed E-state index contributed by atoms with van der Waals surface area (Å²) in [5.74, 6) is -3.43. The Kier molecular flexibility index (Phi) is 10.4. The lowest BCUT2D eigenvalue weighted by atomic mass is 9.68. The zero-order chi connectivity index (χ0) is 42.6. The summed E-state index contributed by atoms with van der Waals surface area (Å²) in [5, 5.41) is 20.0. The first-order chi connectivity index (χ1) is 29.4. The van der Waals surface area contributed by atoms with E-state index in [1.807, 2.05) is 34.0 Å². The van der Waals surface area contributed by atoms with Gasteiger partial charge in [0, 0.05) is 62.4 Å². The van der Waals surface area contributed by atoms with Crippen LogP contribution in [0.2, 0.25) is 0 Å². The summed E-state index contributed by atoms with van der Waals surface area (Å²) in [6.45, 7) is 1.85. The molecule has 5 aromatic rings. The molecule has 6 heterocycles. The summed E-state index contributed by atoms with van der Waals surface area (Å²) in [6, 6.07) is 11.9. The molecule has 61 heavy (non-hydrogen) atoms. The number of carbonyl (C=O) groups excluding carboxylic acids is 3. The maximum Gasteiger partial charge on any atom is 0.329 e. The van der Waals surface area contributed by atoms with Crippen LogP contribution in [0.4, 0.5) is 20.2 Å². The van der Waals surface area contributed by atoms with Crippen molar-refractivity contribution in [2.75, 3.05) is 50.1 Å². The van der Waals surface area contributed by atoms with E-state index in [9.17, 15) is 24.4 Å².